The topological polar surface area (TPSA) is 40.5 Å². The standard InChI is InChI=1S/C15H16BFO2/c1-2-6-12-9-10-13(11-7-4-3-5-8-11)15(17)14(12)16(18)19/h3-5,7-10,18-19H,2,6H2,1H3. The number of hydrogen-bond donors (Lipinski definition) is 2. The van der Waals surface area contributed by atoms with Crippen molar-refractivity contribution < 1.29 is 14.4 Å². The van der Waals surface area contributed by atoms with Crippen molar-refractivity contribution in [2.24, 2.45) is 0 Å². The molecule has 0 unspecified atom stereocenters. The molecule has 2 aromatic rings. The van der Waals surface area contributed by atoms with Crippen molar-refractivity contribution in [3.63, 3.8) is 0 Å². The van der Waals surface area contributed by atoms with E-state index < -0.39 is 12.9 Å². The number of hydrogen-bond acceptors (Lipinski definition) is 2. The van der Waals surface area contributed by atoms with E-state index in [0.29, 0.717) is 17.5 Å². The molecule has 0 amide bonds. The molecule has 19 heavy (non-hydrogen) atoms. The predicted octanol–water partition coefficient (Wildman–Crippen LogP) is 2.12. The van der Waals surface area contributed by atoms with E-state index >= 15 is 0 Å². The lowest BCUT2D eigenvalue weighted by Crippen LogP contribution is -2.36. The molecule has 2 N–H and O–H groups in total. The lowest BCUT2D eigenvalue weighted by atomic mass is 9.74. The first-order chi connectivity index (χ1) is 9.15. The molecule has 0 heterocycles. The van der Waals surface area contributed by atoms with Crippen LogP contribution in [0.3, 0.4) is 0 Å². The quantitative estimate of drug-likeness (QED) is 0.825. The molecular formula is C15H16BFO2. The molecule has 2 rings (SSSR count). The van der Waals surface area contributed by atoms with Gasteiger partial charge in [0.1, 0.15) is 5.82 Å². The predicted molar refractivity (Wildman–Crippen MR) is 75.7 cm³/mol. The molecule has 0 aliphatic heterocycles. The van der Waals surface area contributed by atoms with Gasteiger partial charge in [-0.1, -0.05) is 55.8 Å². The average Bonchev–Trinajstić information content (AvgIpc) is 2.40. The molecule has 0 fully saturated rings. The van der Waals surface area contributed by atoms with Gasteiger partial charge in [-0.3, -0.25) is 0 Å². The van der Waals surface area contributed by atoms with E-state index in [2.05, 4.69) is 0 Å². The largest absolute Gasteiger partial charge is 0.491 e. The highest BCUT2D eigenvalue weighted by molar-refractivity contribution is 6.59. The fourth-order valence-electron chi connectivity index (χ4n) is 2.24. The summed E-state index contributed by atoms with van der Waals surface area (Å²) in [4.78, 5) is 0. The van der Waals surface area contributed by atoms with E-state index in [1.54, 1.807) is 24.3 Å². The van der Waals surface area contributed by atoms with E-state index in [0.717, 1.165) is 12.0 Å². The molecule has 4 heteroatoms. The molecule has 0 saturated heterocycles. The molecule has 2 nitrogen and oxygen atoms in total. The van der Waals surface area contributed by atoms with Crippen molar-refractivity contribution in [1.82, 2.24) is 0 Å². The molecule has 0 radical (unpaired) electrons. The zero-order valence-corrected chi connectivity index (χ0v) is 10.8. The van der Waals surface area contributed by atoms with Gasteiger partial charge in [-0.15, -0.1) is 0 Å². The van der Waals surface area contributed by atoms with Gasteiger partial charge in [0, 0.05) is 11.0 Å². The van der Waals surface area contributed by atoms with Crippen LogP contribution in [0.2, 0.25) is 0 Å². The van der Waals surface area contributed by atoms with E-state index in [-0.39, 0.29) is 5.46 Å². The highest BCUT2D eigenvalue weighted by atomic mass is 19.1. The van der Waals surface area contributed by atoms with Crippen molar-refractivity contribution in [3.05, 3.63) is 53.8 Å². The molecule has 0 saturated carbocycles. The number of halogens is 1. The van der Waals surface area contributed by atoms with Crippen LogP contribution in [-0.4, -0.2) is 17.2 Å². The van der Waals surface area contributed by atoms with Crippen molar-refractivity contribution in [2.75, 3.05) is 0 Å². The van der Waals surface area contributed by atoms with Gasteiger partial charge in [0.2, 0.25) is 0 Å². The Morgan fingerprint density at radius 2 is 1.74 bits per heavy atom. The summed E-state index contributed by atoms with van der Waals surface area (Å²) in [6, 6.07) is 12.6. The summed E-state index contributed by atoms with van der Waals surface area (Å²) < 4.78 is 14.5. The number of aryl methyl sites for hydroxylation is 1. The summed E-state index contributed by atoms with van der Waals surface area (Å²) in [6.45, 7) is 1.97. The molecule has 0 atom stereocenters. The van der Waals surface area contributed by atoms with E-state index in [1.165, 1.54) is 0 Å². The second kappa shape index (κ2) is 6.00. The van der Waals surface area contributed by atoms with Gasteiger partial charge in [0.15, 0.2) is 0 Å². The van der Waals surface area contributed by atoms with E-state index in [9.17, 15) is 14.4 Å². The Labute approximate surface area is 112 Å². The first-order valence-corrected chi connectivity index (χ1v) is 6.38. The number of benzene rings is 2. The third-order valence-electron chi connectivity index (χ3n) is 3.13. The third kappa shape index (κ3) is 2.86. The zero-order chi connectivity index (χ0) is 13.8. The maximum Gasteiger partial charge on any atom is 0.491 e. The Hall–Kier alpha value is -1.65. The molecule has 98 valence electrons. The fourth-order valence-corrected chi connectivity index (χ4v) is 2.24. The summed E-state index contributed by atoms with van der Waals surface area (Å²) in [7, 11) is -1.79. The molecule has 0 aliphatic rings. The fraction of sp³-hybridized carbons (Fsp3) is 0.200. The van der Waals surface area contributed by atoms with Gasteiger partial charge >= 0.3 is 7.12 Å². The average molecular weight is 258 g/mol. The molecular weight excluding hydrogens is 242 g/mol. The maximum atomic E-state index is 14.5. The van der Waals surface area contributed by atoms with Crippen molar-refractivity contribution in [1.29, 1.82) is 0 Å². The summed E-state index contributed by atoms with van der Waals surface area (Å²) in [5.41, 5.74) is 1.76. The van der Waals surface area contributed by atoms with Crippen LogP contribution in [0.15, 0.2) is 42.5 Å². The van der Waals surface area contributed by atoms with Crippen LogP contribution < -0.4 is 5.46 Å². The van der Waals surface area contributed by atoms with Gasteiger partial charge in [0.05, 0.1) is 0 Å². The highest BCUT2D eigenvalue weighted by Crippen LogP contribution is 2.22. The van der Waals surface area contributed by atoms with Gasteiger partial charge in [-0.2, -0.15) is 0 Å². The lowest BCUT2D eigenvalue weighted by molar-refractivity contribution is 0.422. The van der Waals surface area contributed by atoms with Crippen LogP contribution in [0, 0.1) is 5.82 Å². The van der Waals surface area contributed by atoms with Crippen molar-refractivity contribution in [3.8, 4) is 11.1 Å². The smallest absolute Gasteiger partial charge is 0.423 e. The van der Waals surface area contributed by atoms with Gasteiger partial charge in [0.25, 0.3) is 0 Å². The number of rotatable bonds is 4. The summed E-state index contributed by atoms with van der Waals surface area (Å²) >= 11 is 0. The minimum atomic E-state index is -1.79. The minimum absolute atomic E-state index is 0.0109. The van der Waals surface area contributed by atoms with Gasteiger partial charge in [-0.05, 0) is 17.5 Å². The van der Waals surface area contributed by atoms with Crippen LogP contribution >= 0.6 is 0 Å². The second-order valence-electron chi connectivity index (χ2n) is 4.49. The summed E-state index contributed by atoms with van der Waals surface area (Å²) in [6.07, 6.45) is 1.45. The van der Waals surface area contributed by atoms with E-state index in [1.807, 2.05) is 25.1 Å². The third-order valence-corrected chi connectivity index (χ3v) is 3.13. The zero-order valence-electron chi connectivity index (χ0n) is 10.8. The summed E-state index contributed by atoms with van der Waals surface area (Å²) in [5, 5.41) is 18.8. The first-order valence-electron chi connectivity index (χ1n) is 6.38. The Bertz CT molecular complexity index is 556. The Kier molecular flexibility index (Phi) is 4.35. The van der Waals surface area contributed by atoms with Crippen LogP contribution in [0.25, 0.3) is 11.1 Å². The molecule has 2 aromatic carbocycles. The SMILES string of the molecule is CCCc1ccc(-c2ccccc2)c(F)c1B(O)O. The Morgan fingerprint density at radius 1 is 1.05 bits per heavy atom. The minimum Gasteiger partial charge on any atom is -0.423 e. The van der Waals surface area contributed by atoms with Crippen molar-refractivity contribution >= 4 is 12.6 Å². The molecule has 0 aliphatic carbocycles. The Balaban J connectivity index is 2.57. The Morgan fingerprint density at radius 3 is 2.32 bits per heavy atom. The van der Waals surface area contributed by atoms with Gasteiger partial charge < -0.3 is 10.0 Å². The molecule has 0 aromatic heterocycles. The van der Waals surface area contributed by atoms with Crippen LogP contribution in [-0.2, 0) is 6.42 Å². The van der Waals surface area contributed by atoms with Crippen LogP contribution in [0.5, 0.6) is 0 Å². The van der Waals surface area contributed by atoms with Crippen LogP contribution in [0.1, 0.15) is 18.9 Å². The second-order valence-corrected chi connectivity index (χ2v) is 4.49. The lowest BCUT2D eigenvalue weighted by Gasteiger charge is -2.13. The van der Waals surface area contributed by atoms with Gasteiger partial charge in [-0.25, -0.2) is 4.39 Å². The normalized spacial score (nSPS) is 10.5. The van der Waals surface area contributed by atoms with Crippen molar-refractivity contribution in [2.45, 2.75) is 19.8 Å². The maximum absolute atomic E-state index is 14.5. The van der Waals surface area contributed by atoms with E-state index in [4.69, 9.17) is 0 Å². The highest BCUT2D eigenvalue weighted by Gasteiger charge is 2.23. The monoisotopic (exact) mass is 258 g/mol. The molecule has 0 bridgehead atoms. The van der Waals surface area contributed by atoms with Crippen LogP contribution in [0.4, 0.5) is 4.39 Å². The summed E-state index contributed by atoms with van der Waals surface area (Å²) in [5.74, 6) is -0.549. The molecule has 0 spiro atoms. The first kappa shape index (κ1) is 13.8.